The van der Waals surface area contributed by atoms with Gasteiger partial charge in [-0.3, -0.25) is 4.79 Å². The lowest BCUT2D eigenvalue weighted by atomic mass is 9.78. The first kappa shape index (κ1) is 21.2. The fraction of sp³-hybridized carbons (Fsp3) is 0.192. The average Bonchev–Trinajstić information content (AvgIpc) is 2.79. The molecule has 1 aliphatic rings. The van der Waals surface area contributed by atoms with Gasteiger partial charge in [-0.25, -0.2) is 0 Å². The molecule has 3 aromatic rings. The van der Waals surface area contributed by atoms with E-state index < -0.39 is 12.1 Å². The van der Waals surface area contributed by atoms with Crippen molar-refractivity contribution in [1.29, 1.82) is 0 Å². The topological polar surface area (TPSA) is 58.6 Å². The molecule has 3 unspecified atom stereocenters. The van der Waals surface area contributed by atoms with Crippen LogP contribution in [-0.4, -0.2) is 23.7 Å². The predicted molar refractivity (Wildman–Crippen MR) is 123 cm³/mol. The minimum Gasteiger partial charge on any atom is -0.493 e. The Morgan fingerprint density at radius 1 is 1.06 bits per heavy atom. The summed E-state index contributed by atoms with van der Waals surface area (Å²) in [5, 5.41) is 14.7. The lowest BCUT2D eigenvalue weighted by Crippen LogP contribution is -2.38. The number of para-hydroxylation sites is 1. The molecule has 5 heteroatoms. The monoisotopic (exact) mass is 433 g/mol. The Bertz CT molecular complexity index is 1090. The van der Waals surface area contributed by atoms with Crippen molar-refractivity contribution in [3.05, 3.63) is 106 Å². The number of hydrogen-bond donors (Lipinski definition) is 2. The van der Waals surface area contributed by atoms with Gasteiger partial charge in [0.1, 0.15) is 5.75 Å². The second-order valence-electron chi connectivity index (χ2n) is 7.44. The second-order valence-corrected chi connectivity index (χ2v) is 7.87. The van der Waals surface area contributed by atoms with Crippen molar-refractivity contribution in [2.45, 2.75) is 25.0 Å². The molecule has 2 N–H and O–H groups in total. The minimum atomic E-state index is -0.752. The summed E-state index contributed by atoms with van der Waals surface area (Å²) in [7, 11) is 0. The van der Waals surface area contributed by atoms with E-state index in [1.54, 1.807) is 30.3 Å². The van der Waals surface area contributed by atoms with Crippen LogP contribution >= 0.6 is 11.6 Å². The molecule has 0 saturated carbocycles. The Kier molecular flexibility index (Phi) is 6.40. The van der Waals surface area contributed by atoms with E-state index in [4.69, 9.17) is 16.3 Å². The lowest BCUT2D eigenvalue weighted by molar-refractivity contribution is 0.0903. The molecular weight excluding hydrogens is 410 g/mol. The number of amides is 1. The number of carbonyl (C=O) groups excluding carboxylic acids is 1. The van der Waals surface area contributed by atoms with E-state index in [9.17, 15) is 9.90 Å². The highest BCUT2D eigenvalue weighted by Gasteiger charge is 2.34. The smallest absolute Gasteiger partial charge is 0.255 e. The molecule has 158 valence electrons. The van der Waals surface area contributed by atoms with Crippen LogP contribution in [0.2, 0.25) is 5.02 Å². The third kappa shape index (κ3) is 4.50. The number of aliphatic hydroxyl groups is 1. The fourth-order valence-electron chi connectivity index (χ4n) is 4.05. The zero-order chi connectivity index (χ0) is 21.8. The molecule has 0 fully saturated rings. The maximum Gasteiger partial charge on any atom is 0.255 e. The van der Waals surface area contributed by atoms with E-state index >= 15 is 0 Å². The van der Waals surface area contributed by atoms with Gasteiger partial charge in [-0.2, -0.15) is 0 Å². The number of rotatable bonds is 6. The predicted octanol–water partition coefficient (Wildman–Crippen LogP) is 5.38. The van der Waals surface area contributed by atoms with E-state index in [1.165, 1.54) is 0 Å². The van der Waals surface area contributed by atoms with Crippen LogP contribution in [0.5, 0.6) is 5.75 Å². The quantitative estimate of drug-likeness (QED) is 0.548. The fourth-order valence-corrected chi connectivity index (χ4v) is 4.18. The summed E-state index contributed by atoms with van der Waals surface area (Å²) in [5.74, 6) is -0.0874. The van der Waals surface area contributed by atoms with Crippen LogP contribution in [0.4, 0.5) is 0 Å². The number of ether oxygens (including phenoxy) is 1. The zero-order valence-corrected chi connectivity index (χ0v) is 17.9. The third-order valence-electron chi connectivity index (χ3n) is 5.50. The molecule has 1 amide bonds. The van der Waals surface area contributed by atoms with Crippen molar-refractivity contribution in [3.63, 3.8) is 0 Å². The molecule has 0 spiro atoms. The van der Waals surface area contributed by atoms with E-state index in [0.29, 0.717) is 22.9 Å². The van der Waals surface area contributed by atoms with E-state index in [2.05, 4.69) is 5.32 Å². The second kappa shape index (κ2) is 9.38. The van der Waals surface area contributed by atoms with Crippen LogP contribution in [0.15, 0.2) is 78.9 Å². The molecule has 0 heterocycles. The number of halogens is 1. The summed E-state index contributed by atoms with van der Waals surface area (Å²) in [6.45, 7) is 2.34. The number of aliphatic hydroxyl groups excluding tert-OH is 1. The molecule has 3 atom stereocenters. The Morgan fingerprint density at radius 2 is 1.77 bits per heavy atom. The first-order chi connectivity index (χ1) is 15.1. The molecule has 0 aromatic heterocycles. The van der Waals surface area contributed by atoms with Crippen molar-refractivity contribution in [2.24, 2.45) is 0 Å². The summed E-state index contributed by atoms with van der Waals surface area (Å²) in [6, 6.07) is 22.0. The highest BCUT2D eigenvalue weighted by atomic mass is 35.5. The van der Waals surface area contributed by atoms with Gasteiger partial charge in [0.25, 0.3) is 5.91 Å². The van der Waals surface area contributed by atoms with Crippen LogP contribution in [0.3, 0.4) is 0 Å². The highest BCUT2D eigenvalue weighted by molar-refractivity contribution is 6.30. The number of benzene rings is 3. The van der Waals surface area contributed by atoms with Gasteiger partial charge < -0.3 is 15.2 Å². The third-order valence-corrected chi connectivity index (χ3v) is 5.75. The summed E-state index contributed by atoms with van der Waals surface area (Å²) in [6.07, 6.45) is 2.94. The molecule has 0 bridgehead atoms. The van der Waals surface area contributed by atoms with Crippen molar-refractivity contribution in [2.75, 3.05) is 6.61 Å². The summed E-state index contributed by atoms with van der Waals surface area (Å²) in [5.41, 5.74) is 3.33. The van der Waals surface area contributed by atoms with Crippen molar-refractivity contribution in [1.82, 2.24) is 5.32 Å². The SMILES string of the molecule is CCOc1ccccc1C(=O)NC(c1ccc(Cl)cc1)C1c2ccccc2C=CC1O. The maximum atomic E-state index is 13.3. The van der Waals surface area contributed by atoms with Crippen LogP contribution in [0.25, 0.3) is 6.08 Å². The van der Waals surface area contributed by atoms with Gasteiger partial charge in [0, 0.05) is 10.9 Å². The van der Waals surface area contributed by atoms with Crippen LogP contribution in [-0.2, 0) is 0 Å². The van der Waals surface area contributed by atoms with Crippen LogP contribution in [0.1, 0.15) is 45.9 Å². The Balaban J connectivity index is 1.75. The molecular formula is C26H24ClNO3. The normalized spacial score (nSPS) is 18.2. The molecule has 31 heavy (non-hydrogen) atoms. The number of fused-ring (bicyclic) bond motifs is 1. The van der Waals surface area contributed by atoms with E-state index in [-0.39, 0.29) is 11.8 Å². The van der Waals surface area contributed by atoms with Gasteiger partial charge in [-0.05, 0) is 47.9 Å². The zero-order valence-electron chi connectivity index (χ0n) is 17.2. The van der Waals surface area contributed by atoms with Crippen molar-refractivity contribution in [3.8, 4) is 5.75 Å². The number of nitrogens with one attached hydrogen (secondary N) is 1. The van der Waals surface area contributed by atoms with Gasteiger partial charge in [0.2, 0.25) is 0 Å². The van der Waals surface area contributed by atoms with Gasteiger partial charge in [-0.1, -0.05) is 72.3 Å². The summed E-state index contributed by atoms with van der Waals surface area (Å²) >= 11 is 6.10. The van der Waals surface area contributed by atoms with E-state index in [1.807, 2.05) is 61.5 Å². The van der Waals surface area contributed by atoms with Gasteiger partial charge >= 0.3 is 0 Å². The van der Waals surface area contributed by atoms with Gasteiger partial charge in [-0.15, -0.1) is 0 Å². The molecule has 4 rings (SSSR count). The molecule has 1 aliphatic carbocycles. The molecule has 3 aromatic carbocycles. The Labute approximate surface area is 187 Å². The van der Waals surface area contributed by atoms with Gasteiger partial charge in [0.15, 0.2) is 0 Å². The molecule has 0 radical (unpaired) electrons. The largest absolute Gasteiger partial charge is 0.493 e. The Morgan fingerprint density at radius 3 is 2.55 bits per heavy atom. The molecule has 0 saturated heterocycles. The highest BCUT2D eigenvalue weighted by Crippen LogP contribution is 2.40. The summed E-state index contributed by atoms with van der Waals surface area (Å²) in [4.78, 5) is 13.3. The first-order valence-corrected chi connectivity index (χ1v) is 10.7. The van der Waals surface area contributed by atoms with Crippen molar-refractivity contribution >= 4 is 23.6 Å². The molecule has 4 nitrogen and oxygen atoms in total. The standard InChI is InChI=1S/C26H24ClNO3/c1-2-31-23-10-6-5-9-21(23)26(30)28-25(18-11-14-19(27)15-12-18)24-20-8-4-3-7-17(20)13-16-22(24)29/h3-16,22,24-25,29H,2H2,1H3,(H,28,30). The average molecular weight is 434 g/mol. The lowest BCUT2D eigenvalue weighted by Gasteiger charge is -2.34. The Hall–Kier alpha value is -3.08. The molecule has 0 aliphatic heterocycles. The van der Waals surface area contributed by atoms with Gasteiger partial charge in [0.05, 0.1) is 24.3 Å². The van der Waals surface area contributed by atoms with Crippen LogP contribution < -0.4 is 10.1 Å². The first-order valence-electron chi connectivity index (χ1n) is 10.3. The van der Waals surface area contributed by atoms with Crippen LogP contribution in [0, 0.1) is 0 Å². The summed E-state index contributed by atoms with van der Waals surface area (Å²) < 4.78 is 5.65. The minimum absolute atomic E-state index is 0.261. The van der Waals surface area contributed by atoms with Crippen molar-refractivity contribution < 1.29 is 14.6 Å². The number of carbonyl (C=O) groups is 1. The number of hydrogen-bond acceptors (Lipinski definition) is 3. The van der Waals surface area contributed by atoms with E-state index in [0.717, 1.165) is 16.7 Å². The maximum absolute atomic E-state index is 13.3.